The van der Waals surface area contributed by atoms with Gasteiger partial charge in [-0.05, 0) is 62.9 Å². The minimum Gasteiger partial charge on any atom is -0.338 e. The van der Waals surface area contributed by atoms with Crippen molar-refractivity contribution in [2.24, 2.45) is 5.92 Å². The van der Waals surface area contributed by atoms with E-state index in [4.69, 9.17) is 0 Å². The highest BCUT2D eigenvalue weighted by molar-refractivity contribution is 5.96. The van der Waals surface area contributed by atoms with Gasteiger partial charge in [0.15, 0.2) is 0 Å². The van der Waals surface area contributed by atoms with Gasteiger partial charge < -0.3 is 10.2 Å². The molecule has 1 atom stereocenters. The van der Waals surface area contributed by atoms with Gasteiger partial charge >= 0.3 is 0 Å². The van der Waals surface area contributed by atoms with E-state index >= 15 is 0 Å². The summed E-state index contributed by atoms with van der Waals surface area (Å²) in [5.74, 6) is -0.157. The maximum absolute atomic E-state index is 12.8. The Morgan fingerprint density at radius 3 is 2.58 bits per heavy atom. The molecule has 0 aromatic heterocycles. The van der Waals surface area contributed by atoms with Gasteiger partial charge in [0, 0.05) is 24.3 Å². The topological polar surface area (TPSA) is 49.4 Å². The molecule has 3 rings (SSSR count). The zero-order valence-corrected chi connectivity index (χ0v) is 15.7. The number of carbonyl (C=O) groups excluding carboxylic acids is 2. The van der Waals surface area contributed by atoms with Crippen LogP contribution in [0.2, 0.25) is 0 Å². The summed E-state index contributed by atoms with van der Waals surface area (Å²) in [4.78, 5) is 27.3. The van der Waals surface area contributed by atoms with Gasteiger partial charge in [-0.25, -0.2) is 0 Å². The molecular weight excluding hydrogens is 324 g/mol. The third kappa shape index (κ3) is 4.13. The number of rotatable bonds is 3. The highest BCUT2D eigenvalue weighted by atomic mass is 16.2. The zero-order chi connectivity index (χ0) is 18.7. The van der Waals surface area contributed by atoms with Gasteiger partial charge in [0.25, 0.3) is 5.91 Å². The minimum atomic E-state index is -0.169. The minimum absolute atomic E-state index is 0.000409. The van der Waals surface area contributed by atoms with Crippen LogP contribution < -0.4 is 5.32 Å². The van der Waals surface area contributed by atoms with Gasteiger partial charge in [0.1, 0.15) is 0 Å². The van der Waals surface area contributed by atoms with Crippen molar-refractivity contribution in [2.75, 3.05) is 18.4 Å². The first kappa shape index (κ1) is 18.2. The quantitative estimate of drug-likeness (QED) is 0.906. The summed E-state index contributed by atoms with van der Waals surface area (Å²) in [6.07, 6.45) is 1.66. The van der Waals surface area contributed by atoms with Crippen molar-refractivity contribution in [3.05, 3.63) is 64.7 Å². The number of carbonyl (C=O) groups is 2. The van der Waals surface area contributed by atoms with Crippen LogP contribution in [0.1, 0.15) is 39.9 Å². The lowest BCUT2D eigenvalue weighted by Gasteiger charge is -2.32. The van der Waals surface area contributed by atoms with Crippen LogP contribution in [0.15, 0.2) is 42.5 Å². The predicted octanol–water partition coefficient (Wildman–Crippen LogP) is 4.10. The van der Waals surface area contributed by atoms with Crippen LogP contribution in [0.5, 0.6) is 0 Å². The number of anilines is 1. The summed E-state index contributed by atoms with van der Waals surface area (Å²) in [6, 6.07) is 13.7. The molecule has 0 spiro atoms. The lowest BCUT2D eigenvalue weighted by atomic mass is 9.96. The first-order valence-electron chi connectivity index (χ1n) is 9.18. The molecule has 136 valence electrons. The monoisotopic (exact) mass is 350 g/mol. The summed E-state index contributed by atoms with van der Waals surface area (Å²) in [5.41, 5.74) is 4.79. The average Bonchev–Trinajstić information content (AvgIpc) is 2.64. The molecule has 26 heavy (non-hydrogen) atoms. The normalized spacial score (nSPS) is 17.0. The summed E-state index contributed by atoms with van der Waals surface area (Å²) in [5, 5.41) is 3.05. The van der Waals surface area contributed by atoms with Crippen molar-refractivity contribution in [2.45, 2.75) is 33.6 Å². The summed E-state index contributed by atoms with van der Waals surface area (Å²) in [7, 11) is 0. The lowest BCUT2D eigenvalue weighted by Crippen LogP contribution is -2.43. The van der Waals surface area contributed by atoms with Crippen LogP contribution in [0, 0.1) is 26.7 Å². The van der Waals surface area contributed by atoms with Gasteiger partial charge in [0.05, 0.1) is 5.92 Å². The maximum atomic E-state index is 12.8. The van der Waals surface area contributed by atoms with Crippen molar-refractivity contribution < 1.29 is 9.59 Å². The zero-order valence-electron chi connectivity index (χ0n) is 15.7. The fourth-order valence-electron chi connectivity index (χ4n) is 3.44. The first-order chi connectivity index (χ1) is 12.4. The highest BCUT2D eigenvalue weighted by Crippen LogP contribution is 2.22. The van der Waals surface area contributed by atoms with Gasteiger partial charge in [-0.1, -0.05) is 29.8 Å². The van der Waals surface area contributed by atoms with E-state index in [1.165, 1.54) is 0 Å². The smallest absolute Gasteiger partial charge is 0.253 e. The van der Waals surface area contributed by atoms with E-state index < -0.39 is 0 Å². The second kappa shape index (κ2) is 7.73. The van der Waals surface area contributed by atoms with E-state index in [1.807, 2.05) is 68.1 Å². The molecule has 1 saturated heterocycles. The molecule has 4 nitrogen and oxygen atoms in total. The van der Waals surface area contributed by atoms with E-state index in [2.05, 4.69) is 5.32 Å². The van der Waals surface area contributed by atoms with Crippen molar-refractivity contribution in [1.82, 2.24) is 4.90 Å². The van der Waals surface area contributed by atoms with Gasteiger partial charge in [0.2, 0.25) is 5.91 Å². The molecule has 4 heteroatoms. The van der Waals surface area contributed by atoms with E-state index in [1.54, 1.807) is 0 Å². The molecule has 2 aromatic rings. The molecule has 0 bridgehead atoms. The first-order valence-corrected chi connectivity index (χ1v) is 9.18. The second-order valence-corrected chi connectivity index (χ2v) is 7.27. The third-order valence-corrected chi connectivity index (χ3v) is 5.00. The molecule has 1 heterocycles. The van der Waals surface area contributed by atoms with E-state index in [0.717, 1.165) is 35.2 Å². The van der Waals surface area contributed by atoms with Crippen molar-refractivity contribution in [3.8, 4) is 0 Å². The SMILES string of the molecule is Cc1cccc(C(=O)N2CCCC(C(=O)Nc3cc(C)ccc3C)C2)c1. The molecule has 1 unspecified atom stereocenters. The molecule has 0 saturated carbocycles. The predicted molar refractivity (Wildman–Crippen MR) is 104 cm³/mol. The van der Waals surface area contributed by atoms with E-state index in [-0.39, 0.29) is 17.7 Å². The molecule has 0 aliphatic carbocycles. The third-order valence-electron chi connectivity index (χ3n) is 5.00. The van der Waals surface area contributed by atoms with E-state index in [9.17, 15) is 9.59 Å². The Morgan fingerprint density at radius 1 is 1.04 bits per heavy atom. The van der Waals surface area contributed by atoms with Crippen molar-refractivity contribution in [1.29, 1.82) is 0 Å². The average molecular weight is 350 g/mol. The molecule has 1 aliphatic heterocycles. The number of benzene rings is 2. The van der Waals surface area contributed by atoms with Crippen LogP contribution in [-0.2, 0) is 4.79 Å². The summed E-state index contributed by atoms with van der Waals surface area (Å²) >= 11 is 0. The molecule has 2 aromatic carbocycles. The number of nitrogens with zero attached hydrogens (tertiary/aromatic N) is 1. The summed E-state index contributed by atoms with van der Waals surface area (Å²) < 4.78 is 0. The van der Waals surface area contributed by atoms with Crippen LogP contribution in [-0.4, -0.2) is 29.8 Å². The Bertz CT molecular complexity index is 829. The van der Waals surface area contributed by atoms with Crippen LogP contribution in [0.4, 0.5) is 5.69 Å². The fraction of sp³-hybridized carbons (Fsp3) is 0.364. The Morgan fingerprint density at radius 2 is 1.81 bits per heavy atom. The molecule has 1 aliphatic rings. The summed E-state index contributed by atoms with van der Waals surface area (Å²) in [6.45, 7) is 7.17. The van der Waals surface area contributed by atoms with Crippen LogP contribution in [0.3, 0.4) is 0 Å². The van der Waals surface area contributed by atoms with E-state index in [0.29, 0.717) is 18.7 Å². The van der Waals surface area contributed by atoms with Crippen molar-refractivity contribution in [3.63, 3.8) is 0 Å². The van der Waals surface area contributed by atoms with Gasteiger partial charge in [-0.2, -0.15) is 0 Å². The van der Waals surface area contributed by atoms with Crippen LogP contribution in [0.25, 0.3) is 0 Å². The molecule has 0 radical (unpaired) electrons. The van der Waals surface area contributed by atoms with Gasteiger partial charge in [-0.3, -0.25) is 9.59 Å². The van der Waals surface area contributed by atoms with Crippen molar-refractivity contribution >= 4 is 17.5 Å². The maximum Gasteiger partial charge on any atom is 0.253 e. The number of hydrogen-bond donors (Lipinski definition) is 1. The van der Waals surface area contributed by atoms with Crippen LogP contribution >= 0.6 is 0 Å². The fourth-order valence-corrected chi connectivity index (χ4v) is 3.44. The standard InChI is InChI=1S/C22H26N2O2/c1-15-6-4-7-18(12-15)22(26)24-11-5-8-19(14-24)21(25)23-20-13-16(2)9-10-17(20)3/h4,6-7,9-10,12-13,19H,5,8,11,14H2,1-3H3,(H,23,25). The lowest BCUT2D eigenvalue weighted by molar-refractivity contribution is -0.121. The number of aryl methyl sites for hydroxylation is 3. The molecule has 1 fully saturated rings. The molecule has 1 N–H and O–H groups in total. The number of likely N-dealkylation sites (tertiary alicyclic amines) is 1. The number of piperidine rings is 1. The second-order valence-electron chi connectivity index (χ2n) is 7.27. The Kier molecular flexibility index (Phi) is 5.40. The largest absolute Gasteiger partial charge is 0.338 e. The Hall–Kier alpha value is -2.62. The Balaban J connectivity index is 1.68. The Labute approximate surface area is 155 Å². The number of nitrogens with one attached hydrogen (secondary N) is 1. The molecule has 2 amide bonds. The number of hydrogen-bond acceptors (Lipinski definition) is 2. The highest BCUT2D eigenvalue weighted by Gasteiger charge is 2.29. The van der Waals surface area contributed by atoms with Gasteiger partial charge in [-0.15, -0.1) is 0 Å². The molecular formula is C22H26N2O2. The number of amides is 2.